The number of H-pyrrole nitrogens is 2. The van der Waals surface area contributed by atoms with Crippen molar-refractivity contribution in [3.63, 3.8) is 0 Å². The number of aromatic nitrogens is 2. The van der Waals surface area contributed by atoms with Gasteiger partial charge in [0.25, 0.3) is 0 Å². The van der Waals surface area contributed by atoms with Crippen molar-refractivity contribution in [2.75, 3.05) is 14.2 Å². The van der Waals surface area contributed by atoms with E-state index in [2.05, 4.69) is 70.8 Å². The molecule has 4 nitrogen and oxygen atoms in total. The summed E-state index contributed by atoms with van der Waals surface area (Å²) in [6, 6.07) is 25.1. The van der Waals surface area contributed by atoms with Crippen LogP contribution in [0.15, 0.2) is 79.0 Å². The highest BCUT2D eigenvalue weighted by atomic mass is 16.5. The van der Waals surface area contributed by atoms with Gasteiger partial charge in [-0.1, -0.05) is 30.3 Å². The fourth-order valence-corrected chi connectivity index (χ4v) is 4.06. The van der Waals surface area contributed by atoms with Crippen LogP contribution in [0.2, 0.25) is 0 Å². The normalized spacial score (nSPS) is 12.3. The summed E-state index contributed by atoms with van der Waals surface area (Å²) in [7, 11) is 3.39. The molecule has 0 spiro atoms. The summed E-state index contributed by atoms with van der Waals surface area (Å²) in [6.45, 7) is 0. The summed E-state index contributed by atoms with van der Waals surface area (Å²) in [5.74, 6) is 1.75. The van der Waals surface area contributed by atoms with Crippen molar-refractivity contribution in [1.82, 2.24) is 9.97 Å². The first kappa shape index (κ1) is 17.4. The molecule has 0 amide bonds. The molecule has 144 valence electrons. The second-order valence-electron chi connectivity index (χ2n) is 7.17. The fraction of sp³-hybridized carbons (Fsp3) is 0.120. The van der Waals surface area contributed by atoms with Gasteiger partial charge < -0.3 is 19.4 Å². The molecular weight excluding hydrogens is 360 g/mol. The van der Waals surface area contributed by atoms with Crippen LogP contribution in [0, 0.1) is 0 Å². The van der Waals surface area contributed by atoms with Gasteiger partial charge in [0.2, 0.25) is 0 Å². The maximum atomic E-state index is 5.48. The summed E-state index contributed by atoms with van der Waals surface area (Å²) in [4.78, 5) is 7.05. The van der Waals surface area contributed by atoms with Crippen LogP contribution < -0.4 is 9.47 Å². The van der Waals surface area contributed by atoms with Crippen molar-refractivity contribution >= 4 is 21.8 Å². The zero-order valence-corrected chi connectivity index (χ0v) is 16.4. The Morgan fingerprint density at radius 2 is 1.52 bits per heavy atom. The number of aromatic amines is 2. The van der Waals surface area contributed by atoms with Gasteiger partial charge in [-0.15, -0.1) is 0 Å². The van der Waals surface area contributed by atoms with E-state index in [1.54, 1.807) is 14.2 Å². The van der Waals surface area contributed by atoms with E-state index in [9.17, 15) is 0 Å². The molecule has 0 aliphatic heterocycles. The van der Waals surface area contributed by atoms with Gasteiger partial charge in [-0.25, -0.2) is 0 Å². The SMILES string of the molecule is COc1ccc(C(c2cc3ccccc3[nH]2)c2c[nH]c3ccc(OC)cc23)cc1. The highest BCUT2D eigenvalue weighted by molar-refractivity contribution is 5.87. The molecule has 3 aromatic carbocycles. The highest BCUT2D eigenvalue weighted by Crippen LogP contribution is 2.38. The van der Waals surface area contributed by atoms with E-state index in [1.165, 1.54) is 16.5 Å². The molecule has 0 fully saturated rings. The molecule has 2 heterocycles. The smallest absolute Gasteiger partial charge is 0.119 e. The largest absolute Gasteiger partial charge is 0.497 e. The number of para-hydroxylation sites is 1. The molecule has 5 aromatic rings. The Labute approximate surface area is 169 Å². The Kier molecular flexibility index (Phi) is 4.24. The van der Waals surface area contributed by atoms with Gasteiger partial charge in [-0.3, -0.25) is 0 Å². The van der Waals surface area contributed by atoms with Crippen LogP contribution in [-0.4, -0.2) is 24.2 Å². The van der Waals surface area contributed by atoms with Gasteiger partial charge in [0.05, 0.1) is 20.1 Å². The number of benzene rings is 3. The number of hydrogen-bond donors (Lipinski definition) is 2. The van der Waals surface area contributed by atoms with E-state index in [1.807, 2.05) is 18.2 Å². The lowest BCUT2D eigenvalue weighted by atomic mass is 9.88. The lowest BCUT2D eigenvalue weighted by Gasteiger charge is -2.17. The molecule has 0 saturated heterocycles. The Morgan fingerprint density at radius 1 is 0.759 bits per heavy atom. The summed E-state index contributed by atoms with van der Waals surface area (Å²) in [6.07, 6.45) is 2.10. The second kappa shape index (κ2) is 7.06. The first-order chi connectivity index (χ1) is 14.3. The van der Waals surface area contributed by atoms with Gasteiger partial charge >= 0.3 is 0 Å². The predicted molar refractivity (Wildman–Crippen MR) is 117 cm³/mol. The molecule has 2 N–H and O–H groups in total. The monoisotopic (exact) mass is 382 g/mol. The van der Waals surface area contributed by atoms with Crippen LogP contribution in [0.3, 0.4) is 0 Å². The lowest BCUT2D eigenvalue weighted by molar-refractivity contribution is 0.414. The Bertz CT molecular complexity index is 1250. The summed E-state index contributed by atoms with van der Waals surface area (Å²) < 4.78 is 10.8. The molecule has 0 radical (unpaired) electrons. The quantitative estimate of drug-likeness (QED) is 0.401. The van der Waals surface area contributed by atoms with Crippen LogP contribution in [0.4, 0.5) is 0 Å². The van der Waals surface area contributed by atoms with Gasteiger partial charge in [0.15, 0.2) is 0 Å². The fourth-order valence-electron chi connectivity index (χ4n) is 4.06. The molecule has 0 bridgehead atoms. The van der Waals surface area contributed by atoms with Crippen molar-refractivity contribution in [2.45, 2.75) is 5.92 Å². The van der Waals surface area contributed by atoms with Gasteiger partial charge in [-0.05, 0) is 59.0 Å². The second-order valence-corrected chi connectivity index (χ2v) is 7.17. The number of fused-ring (bicyclic) bond motifs is 2. The standard InChI is InChI=1S/C25H22N2O2/c1-28-18-9-7-16(8-10-18)25(24-13-17-5-3-4-6-22(17)27-24)21-15-26-23-12-11-19(29-2)14-20(21)23/h3-15,25-27H,1-2H3. The van der Waals surface area contributed by atoms with Gasteiger partial charge in [0, 0.05) is 28.3 Å². The van der Waals surface area contributed by atoms with Crippen LogP contribution in [0.5, 0.6) is 11.5 Å². The minimum Gasteiger partial charge on any atom is -0.497 e. The zero-order valence-electron chi connectivity index (χ0n) is 16.4. The molecule has 0 aliphatic carbocycles. The molecule has 5 rings (SSSR count). The van der Waals surface area contributed by atoms with Crippen molar-refractivity contribution in [3.8, 4) is 11.5 Å². The van der Waals surface area contributed by atoms with Crippen molar-refractivity contribution in [2.24, 2.45) is 0 Å². The molecule has 29 heavy (non-hydrogen) atoms. The lowest BCUT2D eigenvalue weighted by Crippen LogP contribution is -2.03. The number of rotatable bonds is 5. The van der Waals surface area contributed by atoms with E-state index >= 15 is 0 Å². The summed E-state index contributed by atoms with van der Waals surface area (Å²) in [5, 5.41) is 2.36. The van der Waals surface area contributed by atoms with E-state index in [4.69, 9.17) is 9.47 Å². The average Bonchev–Trinajstić information content (AvgIpc) is 3.38. The molecule has 1 unspecified atom stereocenters. The molecule has 4 heteroatoms. The number of nitrogens with one attached hydrogen (secondary N) is 2. The minimum absolute atomic E-state index is 0.0502. The van der Waals surface area contributed by atoms with E-state index < -0.39 is 0 Å². The van der Waals surface area contributed by atoms with Crippen LogP contribution in [0.25, 0.3) is 21.8 Å². The molecular formula is C25H22N2O2. The van der Waals surface area contributed by atoms with Gasteiger partial charge in [0.1, 0.15) is 11.5 Å². The first-order valence-electron chi connectivity index (χ1n) is 9.63. The average molecular weight is 382 g/mol. The zero-order chi connectivity index (χ0) is 19.8. The van der Waals surface area contributed by atoms with E-state index in [0.717, 1.165) is 33.6 Å². The topological polar surface area (TPSA) is 50.0 Å². The van der Waals surface area contributed by atoms with Crippen molar-refractivity contribution in [3.05, 3.63) is 95.8 Å². The third-order valence-corrected chi connectivity index (χ3v) is 5.54. The summed E-state index contributed by atoms with van der Waals surface area (Å²) >= 11 is 0. The molecule has 1 atom stereocenters. The third-order valence-electron chi connectivity index (χ3n) is 5.54. The highest BCUT2D eigenvalue weighted by Gasteiger charge is 2.22. The molecule has 0 aliphatic rings. The minimum atomic E-state index is 0.0502. The summed E-state index contributed by atoms with van der Waals surface area (Å²) in [5.41, 5.74) is 5.78. The number of ether oxygens (including phenoxy) is 2. The van der Waals surface area contributed by atoms with Gasteiger partial charge in [-0.2, -0.15) is 0 Å². The maximum Gasteiger partial charge on any atom is 0.119 e. The van der Waals surface area contributed by atoms with Crippen LogP contribution in [0.1, 0.15) is 22.7 Å². The first-order valence-corrected chi connectivity index (χ1v) is 9.63. The van der Waals surface area contributed by atoms with Crippen molar-refractivity contribution < 1.29 is 9.47 Å². The van der Waals surface area contributed by atoms with Crippen LogP contribution in [-0.2, 0) is 0 Å². The van der Waals surface area contributed by atoms with Crippen LogP contribution >= 0.6 is 0 Å². The number of methoxy groups -OCH3 is 2. The predicted octanol–water partition coefficient (Wildman–Crippen LogP) is 5.85. The third kappa shape index (κ3) is 3.03. The maximum absolute atomic E-state index is 5.48. The molecule has 0 saturated carbocycles. The Morgan fingerprint density at radius 3 is 2.28 bits per heavy atom. The van der Waals surface area contributed by atoms with Crippen molar-refractivity contribution in [1.29, 1.82) is 0 Å². The Hall–Kier alpha value is -3.66. The molecule has 2 aromatic heterocycles. The number of hydrogen-bond acceptors (Lipinski definition) is 2. The van der Waals surface area contributed by atoms with E-state index in [-0.39, 0.29) is 5.92 Å². The Balaban J connectivity index is 1.73. The van der Waals surface area contributed by atoms with E-state index in [0.29, 0.717) is 0 Å².